The van der Waals surface area contributed by atoms with Crippen molar-refractivity contribution in [3.63, 3.8) is 0 Å². The Bertz CT molecular complexity index is 909. The highest BCUT2D eigenvalue weighted by atomic mass is 32.2. The fourth-order valence-electron chi connectivity index (χ4n) is 2.40. The highest BCUT2D eigenvalue weighted by Crippen LogP contribution is 2.37. The molecule has 1 saturated heterocycles. The zero-order chi connectivity index (χ0) is 18.9. The normalized spacial score (nSPS) is 16.6. The maximum atomic E-state index is 12.9. The summed E-state index contributed by atoms with van der Waals surface area (Å²) < 4.78 is 38.9. The van der Waals surface area contributed by atoms with E-state index in [9.17, 15) is 18.0 Å². The molecule has 0 radical (unpaired) electrons. The number of alkyl halides is 3. The summed E-state index contributed by atoms with van der Waals surface area (Å²) in [6.45, 7) is 0. The number of thioether (sulfide) groups is 2. The Labute approximate surface area is 162 Å². The Morgan fingerprint density at radius 1 is 1.15 bits per heavy atom. The Kier molecular flexibility index (Phi) is 5.45. The number of carbonyl (C=O) groups excluding carboxylic acids is 1. The van der Waals surface area contributed by atoms with Crippen LogP contribution in [0.5, 0.6) is 0 Å². The van der Waals surface area contributed by atoms with Crippen LogP contribution < -0.4 is 4.90 Å². The van der Waals surface area contributed by atoms with Crippen LogP contribution in [0.3, 0.4) is 0 Å². The maximum absolute atomic E-state index is 12.9. The van der Waals surface area contributed by atoms with Crippen molar-refractivity contribution in [2.45, 2.75) is 11.1 Å². The summed E-state index contributed by atoms with van der Waals surface area (Å²) in [7, 11) is 0. The number of nitrogens with zero attached hydrogens (tertiary/aromatic N) is 1. The van der Waals surface area contributed by atoms with Crippen LogP contribution in [0.4, 0.5) is 18.9 Å². The number of carbonyl (C=O) groups is 1. The number of thiocarbonyl (C=S) groups is 1. The number of halogens is 3. The third kappa shape index (κ3) is 3.97. The third-order valence-corrected chi connectivity index (χ3v) is 5.64. The lowest BCUT2D eigenvalue weighted by molar-refractivity contribution is -0.137. The minimum atomic E-state index is -4.43. The third-order valence-electron chi connectivity index (χ3n) is 3.62. The summed E-state index contributed by atoms with van der Waals surface area (Å²) in [6, 6.07) is 12.2. The smallest absolute Gasteiger partial charge is 0.268 e. The molecule has 0 aliphatic carbocycles. The molecule has 8 heteroatoms. The number of amides is 1. The number of rotatable bonds is 3. The van der Waals surface area contributed by atoms with E-state index < -0.39 is 11.7 Å². The predicted molar refractivity (Wildman–Crippen MR) is 105 cm³/mol. The van der Waals surface area contributed by atoms with Gasteiger partial charge in [0, 0.05) is 4.90 Å². The summed E-state index contributed by atoms with van der Waals surface area (Å²) >= 11 is 7.92. The predicted octanol–water partition coefficient (Wildman–Crippen LogP) is 5.83. The molecule has 1 aliphatic heterocycles. The minimum absolute atomic E-state index is 0.295. The van der Waals surface area contributed by atoms with Crippen LogP contribution in [0.1, 0.15) is 11.1 Å². The van der Waals surface area contributed by atoms with E-state index in [0.29, 0.717) is 20.5 Å². The molecule has 1 amide bonds. The second kappa shape index (κ2) is 7.46. The summed E-state index contributed by atoms with van der Waals surface area (Å²) in [5, 5.41) is 0. The van der Waals surface area contributed by atoms with E-state index in [-0.39, 0.29) is 5.91 Å². The molecule has 2 nitrogen and oxygen atoms in total. The fraction of sp³-hybridized carbons (Fsp3) is 0.111. The first-order chi connectivity index (χ1) is 12.3. The van der Waals surface area contributed by atoms with E-state index in [2.05, 4.69) is 0 Å². The summed E-state index contributed by atoms with van der Waals surface area (Å²) in [4.78, 5) is 15.4. The SMILES string of the molecule is CSc1cccc(N2C(=O)/C(=C\c3cccc(C(F)(F)F)c3)SC2=S)c1. The van der Waals surface area contributed by atoms with Crippen molar-refractivity contribution in [2.75, 3.05) is 11.2 Å². The number of benzene rings is 2. The molecule has 1 heterocycles. The molecule has 26 heavy (non-hydrogen) atoms. The summed E-state index contributed by atoms with van der Waals surface area (Å²) in [6.07, 6.45) is -1.06. The van der Waals surface area contributed by atoms with Gasteiger partial charge in [-0.15, -0.1) is 11.8 Å². The van der Waals surface area contributed by atoms with Crippen LogP contribution in [0.15, 0.2) is 58.3 Å². The molecule has 0 saturated carbocycles. The first-order valence-electron chi connectivity index (χ1n) is 7.39. The Morgan fingerprint density at radius 3 is 2.58 bits per heavy atom. The van der Waals surface area contributed by atoms with E-state index in [4.69, 9.17) is 12.2 Å². The highest BCUT2D eigenvalue weighted by Gasteiger charge is 2.34. The van der Waals surface area contributed by atoms with Gasteiger partial charge in [-0.05, 0) is 48.2 Å². The summed E-state index contributed by atoms with van der Waals surface area (Å²) in [5.74, 6) is -0.337. The van der Waals surface area contributed by atoms with E-state index in [1.807, 2.05) is 24.5 Å². The van der Waals surface area contributed by atoms with E-state index in [1.165, 1.54) is 23.1 Å². The van der Waals surface area contributed by atoms with Gasteiger partial charge in [-0.3, -0.25) is 9.69 Å². The largest absolute Gasteiger partial charge is 0.416 e. The molecular weight excluding hydrogens is 399 g/mol. The van der Waals surface area contributed by atoms with E-state index >= 15 is 0 Å². The van der Waals surface area contributed by atoms with Crippen molar-refractivity contribution in [3.05, 3.63) is 64.6 Å². The lowest BCUT2D eigenvalue weighted by Gasteiger charge is -2.15. The highest BCUT2D eigenvalue weighted by molar-refractivity contribution is 8.27. The van der Waals surface area contributed by atoms with E-state index in [1.54, 1.807) is 17.8 Å². The van der Waals surface area contributed by atoms with Gasteiger partial charge < -0.3 is 0 Å². The first-order valence-corrected chi connectivity index (χ1v) is 9.84. The van der Waals surface area contributed by atoms with Crippen LogP contribution in [0, 0.1) is 0 Å². The average molecular weight is 411 g/mol. The molecule has 1 fully saturated rings. The molecule has 0 unspecified atom stereocenters. The minimum Gasteiger partial charge on any atom is -0.268 e. The molecule has 2 aromatic carbocycles. The van der Waals surface area contributed by atoms with Crippen LogP contribution in [-0.2, 0) is 11.0 Å². The fourth-order valence-corrected chi connectivity index (χ4v) is 4.15. The first kappa shape index (κ1) is 19.0. The van der Waals surface area contributed by atoms with Crippen molar-refractivity contribution in [1.82, 2.24) is 0 Å². The van der Waals surface area contributed by atoms with Gasteiger partial charge >= 0.3 is 6.18 Å². The van der Waals surface area contributed by atoms with Gasteiger partial charge in [0.2, 0.25) is 0 Å². The van der Waals surface area contributed by atoms with E-state index in [0.717, 1.165) is 28.8 Å². The monoisotopic (exact) mass is 411 g/mol. The maximum Gasteiger partial charge on any atom is 0.416 e. The van der Waals surface area contributed by atoms with Crippen LogP contribution in [0.25, 0.3) is 6.08 Å². The van der Waals surface area contributed by atoms with Crippen LogP contribution in [-0.4, -0.2) is 16.5 Å². The standard InChI is InChI=1S/C18H12F3NOS3/c1-25-14-7-3-6-13(10-14)22-16(23)15(26-17(22)24)9-11-4-2-5-12(8-11)18(19,20)21/h2-10H,1H3/b15-9+. The topological polar surface area (TPSA) is 20.3 Å². The second-order valence-corrected chi connectivity index (χ2v) is 7.90. The number of anilines is 1. The quantitative estimate of drug-likeness (QED) is 0.359. The van der Waals surface area contributed by atoms with Gasteiger partial charge in [0.25, 0.3) is 5.91 Å². The molecule has 0 aromatic heterocycles. The Morgan fingerprint density at radius 2 is 1.88 bits per heavy atom. The van der Waals surface area contributed by atoms with Crippen LogP contribution >= 0.6 is 35.7 Å². The Balaban J connectivity index is 1.92. The second-order valence-electron chi connectivity index (χ2n) is 5.34. The van der Waals surface area contributed by atoms with Crippen molar-refractivity contribution in [1.29, 1.82) is 0 Å². The Hall–Kier alpha value is -1.77. The number of hydrogen-bond donors (Lipinski definition) is 0. The van der Waals surface area contributed by atoms with Gasteiger partial charge in [0.1, 0.15) is 0 Å². The van der Waals surface area contributed by atoms with Gasteiger partial charge in [0.05, 0.1) is 16.2 Å². The lowest BCUT2D eigenvalue weighted by Crippen LogP contribution is -2.27. The van der Waals surface area contributed by atoms with Gasteiger partial charge in [-0.1, -0.05) is 42.2 Å². The molecule has 0 spiro atoms. The molecule has 0 atom stereocenters. The van der Waals surface area contributed by atoms with Gasteiger partial charge in [-0.2, -0.15) is 13.2 Å². The van der Waals surface area contributed by atoms with Crippen molar-refractivity contribution >= 4 is 57.7 Å². The zero-order valence-corrected chi connectivity index (χ0v) is 15.9. The molecule has 2 aromatic rings. The molecular formula is C18H12F3NOS3. The molecule has 1 aliphatic rings. The summed E-state index contributed by atoms with van der Waals surface area (Å²) in [5.41, 5.74) is 0.194. The number of hydrogen-bond acceptors (Lipinski definition) is 4. The van der Waals surface area contributed by atoms with Crippen molar-refractivity contribution in [3.8, 4) is 0 Å². The van der Waals surface area contributed by atoms with Crippen molar-refractivity contribution < 1.29 is 18.0 Å². The average Bonchev–Trinajstić information content (AvgIpc) is 2.88. The molecule has 0 bridgehead atoms. The molecule has 3 rings (SSSR count). The van der Waals surface area contributed by atoms with Gasteiger partial charge in [0.15, 0.2) is 4.32 Å². The molecule has 0 N–H and O–H groups in total. The lowest BCUT2D eigenvalue weighted by atomic mass is 10.1. The molecule has 134 valence electrons. The van der Waals surface area contributed by atoms with Gasteiger partial charge in [-0.25, -0.2) is 0 Å². The van der Waals surface area contributed by atoms with Crippen LogP contribution in [0.2, 0.25) is 0 Å². The van der Waals surface area contributed by atoms with Crippen molar-refractivity contribution in [2.24, 2.45) is 0 Å². The zero-order valence-electron chi connectivity index (χ0n) is 13.4.